The molecule has 1 aromatic heterocycles. The number of hydrogen-bond acceptors (Lipinski definition) is 2. The monoisotopic (exact) mass is 421 g/mol. The molecular formula is C25H15F4NO. The number of aromatic nitrogens is 1. The minimum Gasteiger partial charge on any atom is -0.494 e. The summed E-state index contributed by atoms with van der Waals surface area (Å²) in [6, 6.07) is 12.5. The summed E-state index contributed by atoms with van der Waals surface area (Å²) >= 11 is 0. The minimum atomic E-state index is -0.955. The summed E-state index contributed by atoms with van der Waals surface area (Å²) in [6.07, 6.45) is 1.32. The predicted molar refractivity (Wildman–Crippen MR) is 111 cm³/mol. The van der Waals surface area contributed by atoms with Crippen LogP contribution in [0, 0.1) is 35.1 Å². The number of fused-ring (bicyclic) bond motifs is 1. The SMILES string of the molecule is CCOc1cc(F)c(-c2ccc(C#Cc3cccc4cc(F)c(F)cc34)nc2)c(F)c1. The normalized spacial score (nSPS) is 10.6. The van der Waals surface area contributed by atoms with Crippen LogP contribution in [0.1, 0.15) is 18.2 Å². The van der Waals surface area contributed by atoms with Crippen molar-refractivity contribution in [3.8, 4) is 28.7 Å². The molecule has 0 unspecified atom stereocenters. The van der Waals surface area contributed by atoms with E-state index in [0.717, 1.165) is 24.3 Å². The maximum atomic E-state index is 14.4. The third-order valence-corrected chi connectivity index (χ3v) is 4.63. The van der Waals surface area contributed by atoms with Crippen LogP contribution >= 0.6 is 0 Å². The zero-order chi connectivity index (χ0) is 22.0. The Morgan fingerprint density at radius 3 is 2.26 bits per heavy atom. The number of rotatable bonds is 3. The van der Waals surface area contributed by atoms with E-state index in [2.05, 4.69) is 16.8 Å². The van der Waals surface area contributed by atoms with Crippen LogP contribution in [0.3, 0.4) is 0 Å². The van der Waals surface area contributed by atoms with Gasteiger partial charge in [-0.3, -0.25) is 0 Å². The van der Waals surface area contributed by atoms with Gasteiger partial charge in [0.05, 0.1) is 12.2 Å². The van der Waals surface area contributed by atoms with Crippen molar-refractivity contribution in [3.63, 3.8) is 0 Å². The van der Waals surface area contributed by atoms with Gasteiger partial charge < -0.3 is 4.74 Å². The Balaban J connectivity index is 1.65. The fraction of sp³-hybridized carbons (Fsp3) is 0.0800. The summed E-state index contributed by atoms with van der Waals surface area (Å²) in [5, 5.41) is 1.000. The first-order valence-electron chi connectivity index (χ1n) is 9.44. The van der Waals surface area contributed by atoms with E-state index < -0.39 is 23.3 Å². The first-order chi connectivity index (χ1) is 15.0. The van der Waals surface area contributed by atoms with Crippen LogP contribution in [-0.2, 0) is 0 Å². The van der Waals surface area contributed by atoms with Gasteiger partial charge in [0, 0.05) is 34.8 Å². The van der Waals surface area contributed by atoms with Crippen LogP contribution in [0.4, 0.5) is 17.6 Å². The van der Waals surface area contributed by atoms with Crippen molar-refractivity contribution in [2.75, 3.05) is 6.61 Å². The van der Waals surface area contributed by atoms with Crippen molar-refractivity contribution < 1.29 is 22.3 Å². The van der Waals surface area contributed by atoms with E-state index in [1.165, 1.54) is 18.3 Å². The van der Waals surface area contributed by atoms with E-state index in [1.807, 2.05) is 0 Å². The smallest absolute Gasteiger partial charge is 0.159 e. The molecule has 0 aliphatic carbocycles. The number of hydrogen-bond donors (Lipinski definition) is 0. The summed E-state index contributed by atoms with van der Waals surface area (Å²) in [6.45, 7) is 2.02. The van der Waals surface area contributed by atoms with Gasteiger partial charge in [-0.05, 0) is 48.6 Å². The van der Waals surface area contributed by atoms with E-state index in [4.69, 9.17) is 4.74 Å². The first kappa shape index (κ1) is 20.4. The molecule has 0 radical (unpaired) electrons. The number of pyridine rings is 1. The molecule has 0 amide bonds. The molecule has 0 saturated heterocycles. The van der Waals surface area contributed by atoms with Crippen molar-refractivity contribution in [1.29, 1.82) is 0 Å². The molecule has 0 atom stereocenters. The molecule has 1 heterocycles. The van der Waals surface area contributed by atoms with Gasteiger partial charge in [-0.25, -0.2) is 22.5 Å². The van der Waals surface area contributed by atoms with Gasteiger partial charge in [0.1, 0.15) is 23.1 Å². The Bertz CT molecular complexity index is 1310. The van der Waals surface area contributed by atoms with Crippen LogP contribution in [0.25, 0.3) is 21.9 Å². The molecule has 0 N–H and O–H groups in total. The van der Waals surface area contributed by atoms with Gasteiger partial charge >= 0.3 is 0 Å². The van der Waals surface area contributed by atoms with Crippen molar-refractivity contribution in [2.24, 2.45) is 0 Å². The van der Waals surface area contributed by atoms with Gasteiger partial charge in [0.25, 0.3) is 0 Å². The number of benzene rings is 3. The average Bonchev–Trinajstić information content (AvgIpc) is 2.74. The first-order valence-corrected chi connectivity index (χ1v) is 9.44. The van der Waals surface area contributed by atoms with Crippen molar-refractivity contribution in [2.45, 2.75) is 6.92 Å². The maximum Gasteiger partial charge on any atom is 0.159 e. The van der Waals surface area contributed by atoms with E-state index in [0.29, 0.717) is 28.6 Å². The molecular weight excluding hydrogens is 406 g/mol. The van der Waals surface area contributed by atoms with E-state index in [1.54, 1.807) is 25.1 Å². The lowest BCUT2D eigenvalue weighted by Crippen LogP contribution is -1.97. The summed E-state index contributed by atoms with van der Waals surface area (Å²) in [5.41, 5.74) is 0.911. The zero-order valence-corrected chi connectivity index (χ0v) is 16.3. The second-order valence-corrected chi connectivity index (χ2v) is 6.67. The number of halogens is 4. The summed E-state index contributed by atoms with van der Waals surface area (Å²) < 4.78 is 60.9. The highest BCUT2D eigenvalue weighted by Gasteiger charge is 2.14. The van der Waals surface area contributed by atoms with Crippen LogP contribution in [-0.4, -0.2) is 11.6 Å². The second-order valence-electron chi connectivity index (χ2n) is 6.67. The summed E-state index contributed by atoms with van der Waals surface area (Å²) in [7, 11) is 0. The van der Waals surface area contributed by atoms with Gasteiger partial charge in [0.15, 0.2) is 11.6 Å². The number of nitrogens with zero attached hydrogens (tertiary/aromatic N) is 1. The minimum absolute atomic E-state index is 0.114. The lowest BCUT2D eigenvalue weighted by molar-refractivity contribution is 0.336. The molecule has 6 heteroatoms. The van der Waals surface area contributed by atoms with Gasteiger partial charge in [-0.2, -0.15) is 0 Å². The molecule has 0 aliphatic rings. The molecule has 0 spiro atoms. The van der Waals surface area contributed by atoms with Gasteiger partial charge in [-0.1, -0.05) is 18.1 Å². The van der Waals surface area contributed by atoms with Crippen LogP contribution < -0.4 is 4.74 Å². The third-order valence-electron chi connectivity index (χ3n) is 4.63. The molecule has 4 aromatic rings. The Morgan fingerprint density at radius 1 is 0.839 bits per heavy atom. The molecule has 4 rings (SSSR count). The topological polar surface area (TPSA) is 22.1 Å². The largest absolute Gasteiger partial charge is 0.494 e. The van der Waals surface area contributed by atoms with E-state index in [9.17, 15) is 17.6 Å². The standard InChI is InChI=1S/C25H15F4NO/c1-2-31-19-11-23(28)25(24(29)12-19)17-7-9-18(30-14-17)8-6-15-4-3-5-16-10-21(26)22(27)13-20(15)16/h3-5,7,9-14H,2H2,1H3. The molecule has 2 nitrogen and oxygen atoms in total. The average molecular weight is 421 g/mol. The fourth-order valence-electron chi connectivity index (χ4n) is 3.20. The molecule has 3 aromatic carbocycles. The molecule has 31 heavy (non-hydrogen) atoms. The van der Waals surface area contributed by atoms with Crippen LogP contribution in [0.2, 0.25) is 0 Å². The molecule has 154 valence electrons. The Labute approximate surface area is 176 Å². The van der Waals surface area contributed by atoms with Gasteiger partial charge in [-0.15, -0.1) is 0 Å². The van der Waals surface area contributed by atoms with Crippen LogP contribution in [0.5, 0.6) is 5.75 Å². The summed E-state index contributed by atoms with van der Waals surface area (Å²) in [5.74, 6) is 2.44. The highest BCUT2D eigenvalue weighted by molar-refractivity contribution is 5.88. The van der Waals surface area contributed by atoms with Crippen molar-refractivity contribution in [1.82, 2.24) is 4.98 Å². The van der Waals surface area contributed by atoms with E-state index in [-0.39, 0.29) is 16.9 Å². The van der Waals surface area contributed by atoms with E-state index >= 15 is 0 Å². The predicted octanol–water partition coefficient (Wildman–Crippen LogP) is 6.26. The molecule has 0 aliphatic heterocycles. The quantitative estimate of drug-likeness (QED) is 0.288. The maximum absolute atomic E-state index is 14.4. The Kier molecular flexibility index (Phi) is 5.59. The fourth-order valence-corrected chi connectivity index (χ4v) is 3.20. The van der Waals surface area contributed by atoms with Crippen molar-refractivity contribution in [3.05, 3.63) is 95.3 Å². The lowest BCUT2D eigenvalue weighted by Gasteiger charge is -2.08. The number of ether oxygens (including phenoxy) is 1. The van der Waals surface area contributed by atoms with Gasteiger partial charge in [0.2, 0.25) is 0 Å². The Morgan fingerprint density at radius 2 is 1.58 bits per heavy atom. The molecule has 0 bridgehead atoms. The highest BCUT2D eigenvalue weighted by Crippen LogP contribution is 2.29. The molecule has 0 saturated carbocycles. The Hall–Kier alpha value is -3.85. The summed E-state index contributed by atoms with van der Waals surface area (Å²) in [4.78, 5) is 4.15. The third kappa shape index (κ3) is 4.22. The van der Waals surface area contributed by atoms with Crippen LogP contribution in [0.15, 0.2) is 60.8 Å². The van der Waals surface area contributed by atoms with Crippen molar-refractivity contribution >= 4 is 10.8 Å². The highest BCUT2D eigenvalue weighted by atomic mass is 19.2. The lowest BCUT2D eigenvalue weighted by atomic mass is 10.0. The second kappa shape index (κ2) is 8.49. The molecule has 0 fully saturated rings. The zero-order valence-electron chi connectivity index (χ0n) is 16.3.